The highest BCUT2D eigenvalue weighted by molar-refractivity contribution is 6.60. The first-order valence-electron chi connectivity index (χ1n) is 7.21. The Morgan fingerprint density at radius 2 is 1.65 bits per heavy atom. The smallest absolute Gasteiger partial charge is 0.454 e. The van der Waals surface area contributed by atoms with Crippen LogP contribution in [0.4, 0.5) is 0 Å². The molecule has 1 fully saturated rings. The van der Waals surface area contributed by atoms with E-state index < -0.39 is 20.9 Å². The lowest BCUT2D eigenvalue weighted by atomic mass is 10.1. The molecule has 0 saturated carbocycles. The van der Waals surface area contributed by atoms with Crippen molar-refractivity contribution in [1.29, 1.82) is 0 Å². The van der Waals surface area contributed by atoms with Gasteiger partial charge in [-0.25, -0.2) is 0 Å². The molecule has 0 amide bonds. The number of Topliss-reactive ketones (excluding diaryl/α,β-unsaturated/α-hetero) is 1. The molecule has 0 aliphatic carbocycles. The quantitative estimate of drug-likeness (QED) is 0.347. The van der Waals surface area contributed by atoms with E-state index in [1.807, 2.05) is 20.8 Å². The first-order chi connectivity index (χ1) is 9.56. The highest BCUT2D eigenvalue weighted by atomic mass is 28.4. The molecular formula is C13H24O6Si. The van der Waals surface area contributed by atoms with Gasteiger partial charge in [0, 0.05) is 25.9 Å². The van der Waals surface area contributed by atoms with Crippen molar-refractivity contribution in [3.63, 3.8) is 0 Å². The van der Waals surface area contributed by atoms with Gasteiger partial charge in [0.05, 0.1) is 0 Å². The largest absolute Gasteiger partial charge is 0.500 e. The molecule has 1 unspecified atom stereocenters. The lowest BCUT2D eigenvalue weighted by Gasteiger charge is -2.28. The third-order valence-electron chi connectivity index (χ3n) is 2.99. The monoisotopic (exact) mass is 304 g/mol. The number of esters is 1. The molecule has 0 aromatic carbocycles. The Morgan fingerprint density at radius 1 is 1.10 bits per heavy atom. The molecule has 1 heterocycles. The molecule has 0 bridgehead atoms. The van der Waals surface area contributed by atoms with Gasteiger partial charge in [0.15, 0.2) is 11.9 Å². The maximum atomic E-state index is 11.5. The van der Waals surface area contributed by atoms with Gasteiger partial charge in [-0.1, -0.05) is 0 Å². The molecule has 1 aliphatic rings. The standard InChI is InChI=1S/C13H24O6Si/c1-4-16-20(17-5-2,18-6-3)9-7-8-12-11(14)10-13(15)19-12/h12H,4-10H2,1-3H3. The maximum absolute atomic E-state index is 11.5. The number of ketones is 1. The van der Waals surface area contributed by atoms with Crippen LogP contribution in [0, 0.1) is 0 Å². The van der Waals surface area contributed by atoms with E-state index in [0.717, 1.165) is 0 Å². The number of carbonyl (C=O) groups excluding carboxylic acids is 2. The summed E-state index contributed by atoms with van der Waals surface area (Å²) >= 11 is 0. The van der Waals surface area contributed by atoms with Gasteiger partial charge >= 0.3 is 14.8 Å². The lowest BCUT2D eigenvalue weighted by molar-refractivity contribution is -0.142. The summed E-state index contributed by atoms with van der Waals surface area (Å²) in [6, 6.07) is 0.629. The van der Waals surface area contributed by atoms with E-state index in [9.17, 15) is 9.59 Å². The van der Waals surface area contributed by atoms with Gasteiger partial charge < -0.3 is 18.0 Å². The third-order valence-corrected chi connectivity index (χ3v) is 6.14. The van der Waals surface area contributed by atoms with Crippen LogP contribution >= 0.6 is 0 Å². The Balaban J connectivity index is 2.48. The van der Waals surface area contributed by atoms with Crippen molar-refractivity contribution >= 4 is 20.6 Å². The zero-order valence-electron chi connectivity index (χ0n) is 12.5. The third kappa shape index (κ3) is 4.97. The van der Waals surface area contributed by atoms with Crippen molar-refractivity contribution in [1.82, 2.24) is 0 Å². The average molecular weight is 304 g/mol. The number of rotatable bonds is 10. The molecule has 1 aliphatic heterocycles. The van der Waals surface area contributed by atoms with Crippen LogP contribution < -0.4 is 0 Å². The summed E-state index contributed by atoms with van der Waals surface area (Å²) in [6.45, 7) is 7.31. The Bertz CT molecular complexity index is 316. The van der Waals surface area contributed by atoms with Gasteiger partial charge in [-0.15, -0.1) is 0 Å². The maximum Gasteiger partial charge on any atom is 0.500 e. The average Bonchev–Trinajstić information content (AvgIpc) is 2.69. The zero-order chi connectivity index (χ0) is 15.0. The van der Waals surface area contributed by atoms with Gasteiger partial charge in [0.25, 0.3) is 0 Å². The van der Waals surface area contributed by atoms with Gasteiger partial charge in [0.2, 0.25) is 0 Å². The second kappa shape index (κ2) is 8.51. The topological polar surface area (TPSA) is 71.1 Å². The molecule has 0 radical (unpaired) electrons. The van der Waals surface area contributed by atoms with E-state index in [-0.39, 0.29) is 12.2 Å². The van der Waals surface area contributed by atoms with E-state index in [1.54, 1.807) is 0 Å². The number of hydrogen-bond acceptors (Lipinski definition) is 6. The second-order valence-electron chi connectivity index (χ2n) is 4.50. The minimum Gasteiger partial charge on any atom is -0.454 e. The summed E-state index contributed by atoms with van der Waals surface area (Å²) in [5.74, 6) is -0.561. The molecule has 7 heteroatoms. The van der Waals surface area contributed by atoms with E-state index >= 15 is 0 Å². The van der Waals surface area contributed by atoms with E-state index in [2.05, 4.69) is 0 Å². The fraction of sp³-hybridized carbons (Fsp3) is 0.846. The van der Waals surface area contributed by atoms with E-state index in [0.29, 0.717) is 38.7 Å². The normalized spacial score (nSPS) is 19.4. The molecule has 6 nitrogen and oxygen atoms in total. The molecular weight excluding hydrogens is 280 g/mol. The number of carbonyl (C=O) groups is 2. The molecule has 0 aromatic rings. The number of hydrogen-bond donors (Lipinski definition) is 0. The Hall–Kier alpha value is -0.763. The Morgan fingerprint density at radius 3 is 2.05 bits per heavy atom. The van der Waals surface area contributed by atoms with Crippen molar-refractivity contribution in [3.8, 4) is 0 Å². The van der Waals surface area contributed by atoms with Gasteiger partial charge in [-0.3, -0.25) is 9.59 Å². The summed E-state index contributed by atoms with van der Waals surface area (Å²) in [4.78, 5) is 22.5. The van der Waals surface area contributed by atoms with Gasteiger partial charge in [-0.05, 0) is 33.6 Å². The summed E-state index contributed by atoms with van der Waals surface area (Å²) in [5, 5.41) is 0. The summed E-state index contributed by atoms with van der Waals surface area (Å²) in [5.41, 5.74) is 0. The van der Waals surface area contributed by atoms with Crippen molar-refractivity contribution in [3.05, 3.63) is 0 Å². The van der Waals surface area contributed by atoms with E-state index in [1.165, 1.54) is 0 Å². The van der Waals surface area contributed by atoms with Crippen LogP contribution in [-0.4, -0.2) is 46.5 Å². The van der Waals surface area contributed by atoms with Crippen LogP contribution in [0.3, 0.4) is 0 Å². The zero-order valence-corrected chi connectivity index (χ0v) is 13.5. The van der Waals surface area contributed by atoms with Crippen LogP contribution in [0.1, 0.15) is 40.0 Å². The first kappa shape index (κ1) is 17.3. The number of cyclic esters (lactones) is 1. The molecule has 20 heavy (non-hydrogen) atoms. The van der Waals surface area contributed by atoms with Crippen molar-refractivity contribution in [2.24, 2.45) is 0 Å². The molecule has 116 valence electrons. The minimum atomic E-state index is -2.66. The molecule has 1 rings (SSSR count). The molecule has 1 atom stereocenters. The molecule has 0 spiro atoms. The summed E-state index contributed by atoms with van der Waals surface area (Å²) < 4.78 is 22.1. The molecule has 0 aromatic heterocycles. The Labute approximate surface area is 121 Å². The fourth-order valence-corrected chi connectivity index (χ4v) is 4.89. The van der Waals surface area contributed by atoms with Gasteiger partial charge in [-0.2, -0.15) is 0 Å². The van der Waals surface area contributed by atoms with Gasteiger partial charge in [0.1, 0.15) is 6.42 Å². The SMILES string of the molecule is CCO[Si](CCCC1OC(=O)CC1=O)(OCC)OCC. The highest BCUT2D eigenvalue weighted by Gasteiger charge is 2.41. The van der Waals surface area contributed by atoms with Crippen molar-refractivity contribution in [2.45, 2.75) is 52.2 Å². The molecule has 0 N–H and O–H groups in total. The summed E-state index contributed by atoms with van der Waals surface area (Å²) in [7, 11) is -2.66. The molecule has 1 saturated heterocycles. The van der Waals surface area contributed by atoms with Crippen LogP contribution in [0.5, 0.6) is 0 Å². The van der Waals surface area contributed by atoms with Crippen LogP contribution in [0.15, 0.2) is 0 Å². The lowest BCUT2D eigenvalue weighted by Crippen LogP contribution is -2.46. The first-order valence-corrected chi connectivity index (χ1v) is 9.14. The van der Waals surface area contributed by atoms with Crippen LogP contribution in [-0.2, 0) is 27.6 Å². The van der Waals surface area contributed by atoms with Crippen LogP contribution in [0.25, 0.3) is 0 Å². The summed E-state index contributed by atoms with van der Waals surface area (Å²) in [6.07, 6.45) is 0.483. The van der Waals surface area contributed by atoms with Crippen molar-refractivity contribution in [2.75, 3.05) is 19.8 Å². The number of ether oxygens (including phenoxy) is 1. The predicted octanol–water partition coefficient (Wildman–Crippen LogP) is 1.70. The van der Waals surface area contributed by atoms with E-state index in [4.69, 9.17) is 18.0 Å². The fourth-order valence-electron chi connectivity index (χ4n) is 2.25. The Kier molecular flexibility index (Phi) is 7.35. The van der Waals surface area contributed by atoms with Crippen molar-refractivity contribution < 1.29 is 27.6 Å². The van der Waals surface area contributed by atoms with Crippen LogP contribution in [0.2, 0.25) is 6.04 Å². The highest BCUT2D eigenvalue weighted by Crippen LogP contribution is 2.22. The predicted molar refractivity (Wildman–Crippen MR) is 74.2 cm³/mol. The second-order valence-corrected chi connectivity index (χ2v) is 7.23. The minimum absolute atomic E-state index is 0.102.